The first-order valence-electron chi connectivity index (χ1n) is 7.35. The third-order valence-electron chi connectivity index (χ3n) is 2.97. The minimum absolute atomic E-state index is 0.820. The Hall–Kier alpha value is -1.69. The molecule has 0 saturated carbocycles. The molecule has 0 bridgehead atoms. The highest BCUT2D eigenvalue weighted by molar-refractivity contribution is 7.99. The molecular formula is C19H21NS. The lowest BCUT2D eigenvalue weighted by atomic mass is 10.2. The zero-order chi connectivity index (χ0) is 14.8. The molecule has 2 heteroatoms. The number of thioether (sulfide) groups is 1. The minimum Gasteiger partial charge on any atom is -0.313 e. The van der Waals surface area contributed by atoms with Gasteiger partial charge in [-0.1, -0.05) is 49.1 Å². The van der Waals surface area contributed by atoms with Gasteiger partial charge in [-0.05, 0) is 42.8 Å². The fourth-order valence-electron chi connectivity index (χ4n) is 1.93. The van der Waals surface area contributed by atoms with E-state index in [1.165, 1.54) is 16.9 Å². The fourth-order valence-corrected chi connectivity index (χ4v) is 2.65. The molecule has 21 heavy (non-hydrogen) atoms. The van der Waals surface area contributed by atoms with Crippen molar-refractivity contribution < 1.29 is 0 Å². The van der Waals surface area contributed by atoms with E-state index in [9.17, 15) is 0 Å². The summed E-state index contributed by atoms with van der Waals surface area (Å²) in [7, 11) is 0. The monoisotopic (exact) mass is 295 g/mol. The van der Waals surface area contributed by atoms with Gasteiger partial charge < -0.3 is 5.32 Å². The molecule has 0 atom stereocenters. The zero-order valence-electron chi connectivity index (χ0n) is 12.4. The van der Waals surface area contributed by atoms with Crippen LogP contribution in [0.5, 0.6) is 0 Å². The van der Waals surface area contributed by atoms with E-state index < -0.39 is 0 Å². The van der Waals surface area contributed by atoms with E-state index in [0.717, 1.165) is 24.4 Å². The molecule has 2 rings (SSSR count). The Kier molecular flexibility index (Phi) is 6.94. The Balaban J connectivity index is 1.83. The molecule has 2 aromatic carbocycles. The summed E-state index contributed by atoms with van der Waals surface area (Å²) in [5.41, 5.74) is 2.42. The normalized spacial score (nSPS) is 9.95. The Morgan fingerprint density at radius 3 is 2.71 bits per heavy atom. The Labute approximate surface area is 132 Å². The molecule has 0 saturated heterocycles. The lowest BCUT2D eigenvalue weighted by molar-refractivity contribution is 0.674. The van der Waals surface area contributed by atoms with Crippen LogP contribution >= 0.6 is 11.8 Å². The maximum atomic E-state index is 3.43. The van der Waals surface area contributed by atoms with Crippen LogP contribution in [0.4, 0.5) is 0 Å². The third-order valence-corrected chi connectivity index (χ3v) is 3.85. The van der Waals surface area contributed by atoms with Crippen molar-refractivity contribution in [3.05, 3.63) is 65.7 Å². The van der Waals surface area contributed by atoms with Crippen molar-refractivity contribution in [3.63, 3.8) is 0 Å². The lowest BCUT2D eigenvalue weighted by Crippen LogP contribution is -2.13. The first-order chi connectivity index (χ1) is 10.4. The molecule has 0 amide bonds. The highest BCUT2D eigenvalue weighted by Crippen LogP contribution is 2.18. The van der Waals surface area contributed by atoms with Gasteiger partial charge in [0.1, 0.15) is 0 Å². The quantitative estimate of drug-likeness (QED) is 0.483. The van der Waals surface area contributed by atoms with Gasteiger partial charge in [0.15, 0.2) is 0 Å². The van der Waals surface area contributed by atoms with Crippen molar-refractivity contribution in [3.8, 4) is 11.8 Å². The summed E-state index contributed by atoms with van der Waals surface area (Å²) in [5, 5.41) is 3.43. The second kappa shape index (κ2) is 9.28. The van der Waals surface area contributed by atoms with E-state index in [2.05, 4.69) is 48.3 Å². The van der Waals surface area contributed by atoms with E-state index >= 15 is 0 Å². The zero-order valence-corrected chi connectivity index (χ0v) is 13.2. The highest BCUT2D eigenvalue weighted by Gasteiger charge is 1.96. The largest absolute Gasteiger partial charge is 0.313 e. The van der Waals surface area contributed by atoms with Gasteiger partial charge >= 0.3 is 0 Å². The van der Waals surface area contributed by atoms with Gasteiger partial charge in [-0.3, -0.25) is 0 Å². The molecule has 0 aliphatic rings. The van der Waals surface area contributed by atoms with Crippen LogP contribution in [0.15, 0.2) is 59.5 Å². The molecule has 0 heterocycles. The van der Waals surface area contributed by atoms with Gasteiger partial charge in [0.25, 0.3) is 0 Å². The van der Waals surface area contributed by atoms with Crippen molar-refractivity contribution in [2.24, 2.45) is 0 Å². The number of nitrogens with one attached hydrogen (secondary N) is 1. The Morgan fingerprint density at radius 1 is 1.05 bits per heavy atom. The van der Waals surface area contributed by atoms with Crippen molar-refractivity contribution in [2.75, 3.05) is 12.3 Å². The SMILES string of the molecule is CCCNCc1cccc(SCC#Cc2ccccc2)c1. The van der Waals surface area contributed by atoms with E-state index in [0.29, 0.717) is 0 Å². The Bertz CT molecular complexity index is 596. The molecule has 0 fully saturated rings. The van der Waals surface area contributed by atoms with Crippen LogP contribution in [0.1, 0.15) is 24.5 Å². The summed E-state index contributed by atoms with van der Waals surface area (Å²) in [6.07, 6.45) is 1.17. The molecule has 0 radical (unpaired) electrons. The molecule has 108 valence electrons. The van der Waals surface area contributed by atoms with Crippen LogP contribution in [0.2, 0.25) is 0 Å². The topological polar surface area (TPSA) is 12.0 Å². The second-order valence-electron chi connectivity index (χ2n) is 4.78. The summed E-state index contributed by atoms with van der Waals surface area (Å²) in [6.45, 7) is 4.20. The number of hydrogen-bond acceptors (Lipinski definition) is 2. The predicted octanol–water partition coefficient (Wildman–Crippen LogP) is 4.33. The molecule has 0 aromatic heterocycles. The average molecular weight is 295 g/mol. The van der Waals surface area contributed by atoms with Gasteiger partial charge in [0.05, 0.1) is 5.75 Å². The van der Waals surface area contributed by atoms with E-state index in [-0.39, 0.29) is 0 Å². The van der Waals surface area contributed by atoms with Crippen LogP contribution in [-0.4, -0.2) is 12.3 Å². The lowest BCUT2D eigenvalue weighted by Gasteiger charge is -2.05. The number of benzene rings is 2. The van der Waals surface area contributed by atoms with Crippen LogP contribution in [0.3, 0.4) is 0 Å². The first kappa shape index (κ1) is 15.7. The maximum absolute atomic E-state index is 3.43. The van der Waals surface area contributed by atoms with E-state index in [4.69, 9.17) is 0 Å². The van der Waals surface area contributed by atoms with Crippen molar-refractivity contribution >= 4 is 11.8 Å². The van der Waals surface area contributed by atoms with Crippen molar-refractivity contribution in [1.82, 2.24) is 5.32 Å². The summed E-state index contributed by atoms with van der Waals surface area (Å²) < 4.78 is 0. The third kappa shape index (κ3) is 6.08. The summed E-state index contributed by atoms with van der Waals surface area (Å²) >= 11 is 1.79. The van der Waals surface area contributed by atoms with Crippen molar-refractivity contribution in [1.29, 1.82) is 0 Å². The average Bonchev–Trinajstić information content (AvgIpc) is 2.53. The molecule has 2 aromatic rings. The van der Waals surface area contributed by atoms with Gasteiger partial charge in [-0.2, -0.15) is 0 Å². The molecule has 0 spiro atoms. The molecule has 0 unspecified atom stereocenters. The maximum Gasteiger partial charge on any atom is 0.0598 e. The van der Waals surface area contributed by atoms with Crippen LogP contribution in [-0.2, 0) is 6.54 Å². The summed E-state index contributed by atoms with van der Waals surface area (Å²) in [6, 6.07) is 18.8. The first-order valence-corrected chi connectivity index (χ1v) is 8.33. The molecule has 1 nitrogen and oxygen atoms in total. The minimum atomic E-state index is 0.820. The molecular weight excluding hydrogens is 274 g/mol. The van der Waals surface area contributed by atoms with Crippen LogP contribution < -0.4 is 5.32 Å². The fraction of sp³-hybridized carbons (Fsp3) is 0.263. The van der Waals surface area contributed by atoms with E-state index in [1.54, 1.807) is 11.8 Å². The highest BCUT2D eigenvalue weighted by atomic mass is 32.2. The standard InChI is InChI=1S/C19H21NS/c1-2-13-20-16-18-10-6-12-19(15-18)21-14-7-11-17-8-4-3-5-9-17/h3-6,8-10,12,15,20H,2,13-14,16H2,1H3. The van der Waals surface area contributed by atoms with Gasteiger partial charge in [0, 0.05) is 17.0 Å². The van der Waals surface area contributed by atoms with E-state index in [1.807, 2.05) is 30.3 Å². The predicted molar refractivity (Wildman–Crippen MR) is 92.5 cm³/mol. The Morgan fingerprint density at radius 2 is 1.90 bits per heavy atom. The van der Waals surface area contributed by atoms with Gasteiger partial charge in [-0.15, -0.1) is 11.8 Å². The van der Waals surface area contributed by atoms with Gasteiger partial charge in [0.2, 0.25) is 0 Å². The molecule has 1 N–H and O–H groups in total. The van der Waals surface area contributed by atoms with Crippen LogP contribution in [0, 0.1) is 11.8 Å². The molecule has 0 aliphatic carbocycles. The summed E-state index contributed by atoms with van der Waals surface area (Å²) in [4.78, 5) is 1.29. The smallest absolute Gasteiger partial charge is 0.0598 e. The summed E-state index contributed by atoms with van der Waals surface area (Å²) in [5.74, 6) is 7.23. The number of rotatable bonds is 6. The van der Waals surface area contributed by atoms with Gasteiger partial charge in [-0.25, -0.2) is 0 Å². The van der Waals surface area contributed by atoms with Crippen LogP contribution in [0.25, 0.3) is 0 Å². The number of hydrogen-bond donors (Lipinski definition) is 1. The molecule has 0 aliphatic heterocycles. The second-order valence-corrected chi connectivity index (χ2v) is 5.83. The van der Waals surface area contributed by atoms with Crippen molar-refractivity contribution in [2.45, 2.75) is 24.8 Å².